The molecule has 1 heterocycles. The van der Waals surface area contributed by atoms with Gasteiger partial charge in [-0.1, -0.05) is 12.1 Å². The summed E-state index contributed by atoms with van der Waals surface area (Å²) in [6.45, 7) is 4.60. The summed E-state index contributed by atoms with van der Waals surface area (Å²) in [5.41, 5.74) is 5.59. The first-order valence-electron chi connectivity index (χ1n) is 7.90. The standard InChI is InChI=1S/C18H26N4O/c1-13-17(14(2)22(5)20-13)10-11-18(23)19-12-15-6-8-16(9-7-15)21(3)4/h6-9H,10-12H2,1-5H3,(H,19,23). The lowest BCUT2D eigenvalue weighted by Gasteiger charge is -2.13. The fraction of sp³-hybridized carbons (Fsp3) is 0.444. The molecule has 0 radical (unpaired) electrons. The molecule has 1 aromatic heterocycles. The fourth-order valence-electron chi connectivity index (χ4n) is 2.62. The van der Waals surface area contributed by atoms with Crippen LogP contribution in [0.4, 0.5) is 5.69 Å². The maximum absolute atomic E-state index is 12.0. The minimum atomic E-state index is 0.0735. The number of aryl methyl sites for hydroxylation is 2. The Morgan fingerprint density at radius 2 is 1.87 bits per heavy atom. The highest BCUT2D eigenvalue weighted by Gasteiger charge is 2.11. The zero-order valence-electron chi connectivity index (χ0n) is 14.7. The van der Waals surface area contributed by atoms with E-state index >= 15 is 0 Å². The van der Waals surface area contributed by atoms with E-state index in [-0.39, 0.29) is 5.91 Å². The van der Waals surface area contributed by atoms with Gasteiger partial charge in [-0.2, -0.15) is 5.10 Å². The molecule has 2 rings (SSSR count). The van der Waals surface area contributed by atoms with Gasteiger partial charge in [0.05, 0.1) is 5.69 Å². The zero-order valence-corrected chi connectivity index (χ0v) is 14.7. The lowest BCUT2D eigenvalue weighted by atomic mass is 10.1. The van der Waals surface area contributed by atoms with Crippen LogP contribution in [-0.4, -0.2) is 29.8 Å². The van der Waals surface area contributed by atoms with E-state index in [0.29, 0.717) is 13.0 Å². The van der Waals surface area contributed by atoms with Gasteiger partial charge in [-0.25, -0.2) is 0 Å². The van der Waals surface area contributed by atoms with Crippen LogP contribution >= 0.6 is 0 Å². The molecule has 0 saturated heterocycles. The Labute approximate surface area is 138 Å². The summed E-state index contributed by atoms with van der Waals surface area (Å²) in [5.74, 6) is 0.0735. The number of amides is 1. The van der Waals surface area contributed by atoms with Crippen molar-refractivity contribution in [2.75, 3.05) is 19.0 Å². The summed E-state index contributed by atoms with van der Waals surface area (Å²) in [4.78, 5) is 14.1. The summed E-state index contributed by atoms with van der Waals surface area (Å²) in [6, 6.07) is 8.21. The van der Waals surface area contributed by atoms with Crippen molar-refractivity contribution in [3.8, 4) is 0 Å². The minimum absolute atomic E-state index is 0.0735. The molecule has 124 valence electrons. The molecule has 1 aromatic carbocycles. The Kier molecular flexibility index (Phi) is 5.42. The van der Waals surface area contributed by atoms with Crippen LogP contribution in [-0.2, 0) is 24.8 Å². The molecule has 0 spiro atoms. The predicted octanol–water partition coefficient (Wildman–Crippen LogP) is 2.35. The largest absolute Gasteiger partial charge is 0.378 e. The second-order valence-corrected chi connectivity index (χ2v) is 6.11. The van der Waals surface area contributed by atoms with Crippen molar-refractivity contribution in [1.29, 1.82) is 0 Å². The van der Waals surface area contributed by atoms with Crippen LogP contribution in [0.15, 0.2) is 24.3 Å². The van der Waals surface area contributed by atoms with Gasteiger partial charge in [-0.3, -0.25) is 9.48 Å². The summed E-state index contributed by atoms with van der Waals surface area (Å²) < 4.78 is 1.87. The second kappa shape index (κ2) is 7.31. The highest BCUT2D eigenvalue weighted by molar-refractivity contribution is 5.76. The molecular weight excluding hydrogens is 288 g/mol. The highest BCUT2D eigenvalue weighted by Crippen LogP contribution is 2.14. The van der Waals surface area contributed by atoms with Gasteiger partial charge >= 0.3 is 0 Å². The molecule has 1 N–H and O–H groups in total. The summed E-state index contributed by atoms with van der Waals surface area (Å²) >= 11 is 0. The third-order valence-corrected chi connectivity index (χ3v) is 4.20. The number of aromatic nitrogens is 2. The average Bonchev–Trinajstić information content (AvgIpc) is 2.76. The van der Waals surface area contributed by atoms with Gasteiger partial charge in [-0.05, 0) is 43.5 Å². The van der Waals surface area contributed by atoms with Gasteiger partial charge < -0.3 is 10.2 Å². The third-order valence-electron chi connectivity index (χ3n) is 4.20. The Hall–Kier alpha value is -2.30. The summed E-state index contributed by atoms with van der Waals surface area (Å²) in [7, 11) is 5.96. The normalized spacial score (nSPS) is 10.7. The van der Waals surface area contributed by atoms with Crippen LogP contribution in [0, 0.1) is 13.8 Å². The molecule has 1 amide bonds. The van der Waals surface area contributed by atoms with Crippen molar-refractivity contribution >= 4 is 11.6 Å². The van der Waals surface area contributed by atoms with Crippen molar-refractivity contribution in [1.82, 2.24) is 15.1 Å². The first-order chi connectivity index (χ1) is 10.9. The SMILES string of the molecule is Cc1nn(C)c(C)c1CCC(=O)NCc1ccc(N(C)C)cc1. The van der Waals surface area contributed by atoms with Crippen molar-refractivity contribution in [3.63, 3.8) is 0 Å². The van der Waals surface area contributed by atoms with Gasteiger partial charge in [-0.15, -0.1) is 0 Å². The first kappa shape index (κ1) is 17.1. The highest BCUT2D eigenvalue weighted by atomic mass is 16.1. The Morgan fingerprint density at radius 1 is 1.22 bits per heavy atom. The Morgan fingerprint density at radius 3 is 2.39 bits per heavy atom. The number of carbonyl (C=O) groups is 1. The molecule has 0 atom stereocenters. The minimum Gasteiger partial charge on any atom is -0.378 e. The quantitative estimate of drug-likeness (QED) is 0.890. The van der Waals surface area contributed by atoms with E-state index in [4.69, 9.17) is 0 Å². The molecular formula is C18H26N4O. The van der Waals surface area contributed by atoms with E-state index in [1.165, 1.54) is 5.56 Å². The van der Waals surface area contributed by atoms with Crippen LogP contribution in [0.1, 0.15) is 28.9 Å². The van der Waals surface area contributed by atoms with E-state index in [1.807, 2.05) is 51.8 Å². The number of nitrogens with one attached hydrogen (secondary N) is 1. The van der Waals surface area contributed by atoms with Gasteiger partial charge in [0.25, 0.3) is 0 Å². The third kappa shape index (κ3) is 4.34. The molecule has 0 aliphatic rings. The molecule has 2 aromatic rings. The molecule has 0 aliphatic heterocycles. The molecule has 5 nitrogen and oxygen atoms in total. The number of rotatable bonds is 6. The van der Waals surface area contributed by atoms with Gasteiger partial charge in [0.1, 0.15) is 0 Å². The number of benzene rings is 1. The second-order valence-electron chi connectivity index (χ2n) is 6.11. The van der Waals surface area contributed by atoms with Gasteiger partial charge in [0.15, 0.2) is 0 Å². The summed E-state index contributed by atoms with van der Waals surface area (Å²) in [6.07, 6.45) is 1.22. The van der Waals surface area contributed by atoms with Gasteiger partial charge in [0, 0.05) is 45.5 Å². The monoisotopic (exact) mass is 314 g/mol. The molecule has 23 heavy (non-hydrogen) atoms. The van der Waals surface area contributed by atoms with E-state index in [1.54, 1.807) is 0 Å². The molecule has 0 bridgehead atoms. The lowest BCUT2D eigenvalue weighted by molar-refractivity contribution is -0.121. The molecule has 0 aliphatic carbocycles. The van der Waals surface area contributed by atoms with Crippen LogP contribution in [0.3, 0.4) is 0 Å². The van der Waals surface area contributed by atoms with Crippen LogP contribution in [0.25, 0.3) is 0 Å². The topological polar surface area (TPSA) is 50.2 Å². The molecule has 0 saturated carbocycles. The smallest absolute Gasteiger partial charge is 0.220 e. The molecule has 0 unspecified atom stereocenters. The predicted molar refractivity (Wildman–Crippen MR) is 93.6 cm³/mol. The number of hydrogen-bond acceptors (Lipinski definition) is 3. The Bertz CT molecular complexity index is 671. The van der Waals surface area contributed by atoms with Gasteiger partial charge in [0.2, 0.25) is 5.91 Å². The maximum atomic E-state index is 12.0. The Balaban J connectivity index is 1.83. The fourth-order valence-corrected chi connectivity index (χ4v) is 2.62. The van der Waals surface area contributed by atoms with Crippen LogP contribution in [0.5, 0.6) is 0 Å². The van der Waals surface area contributed by atoms with Crippen LogP contribution < -0.4 is 10.2 Å². The van der Waals surface area contributed by atoms with Crippen molar-refractivity contribution < 1.29 is 4.79 Å². The van der Waals surface area contributed by atoms with Crippen molar-refractivity contribution in [2.24, 2.45) is 7.05 Å². The van der Waals surface area contributed by atoms with E-state index in [2.05, 4.69) is 27.4 Å². The number of hydrogen-bond donors (Lipinski definition) is 1. The number of carbonyl (C=O) groups excluding carboxylic acids is 1. The number of anilines is 1. The van der Waals surface area contributed by atoms with Crippen molar-refractivity contribution in [3.05, 3.63) is 46.8 Å². The van der Waals surface area contributed by atoms with E-state index in [0.717, 1.165) is 29.1 Å². The molecule has 0 fully saturated rings. The van der Waals surface area contributed by atoms with E-state index < -0.39 is 0 Å². The lowest BCUT2D eigenvalue weighted by Crippen LogP contribution is -2.23. The van der Waals surface area contributed by atoms with E-state index in [9.17, 15) is 4.79 Å². The van der Waals surface area contributed by atoms with Crippen molar-refractivity contribution in [2.45, 2.75) is 33.2 Å². The summed E-state index contributed by atoms with van der Waals surface area (Å²) in [5, 5.41) is 7.37. The average molecular weight is 314 g/mol. The zero-order chi connectivity index (χ0) is 17.0. The molecule has 5 heteroatoms. The maximum Gasteiger partial charge on any atom is 0.220 e. The number of nitrogens with zero attached hydrogens (tertiary/aromatic N) is 3. The first-order valence-corrected chi connectivity index (χ1v) is 7.90. The van der Waals surface area contributed by atoms with Crippen LogP contribution in [0.2, 0.25) is 0 Å².